The van der Waals surface area contributed by atoms with Gasteiger partial charge in [-0.05, 0) is 18.1 Å². The summed E-state index contributed by atoms with van der Waals surface area (Å²) >= 11 is 0. The van der Waals surface area contributed by atoms with Crippen molar-refractivity contribution in [2.24, 2.45) is 0 Å². The molecule has 0 heterocycles. The van der Waals surface area contributed by atoms with Gasteiger partial charge in [-0.15, -0.1) is 6.58 Å². The quantitative estimate of drug-likeness (QED) is 0.577. The van der Waals surface area contributed by atoms with Crippen molar-refractivity contribution < 1.29 is 14.3 Å². The number of carbonyl (C=O) groups excluding carboxylic acids is 1. The van der Waals surface area contributed by atoms with Crippen molar-refractivity contribution >= 4 is 5.97 Å². The van der Waals surface area contributed by atoms with Crippen molar-refractivity contribution in [2.75, 3.05) is 20.3 Å². The molecule has 0 saturated heterocycles. The average molecular weight is 263 g/mol. The first-order valence-corrected chi connectivity index (χ1v) is 6.31. The van der Waals surface area contributed by atoms with Gasteiger partial charge in [0.1, 0.15) is 6.04 Å². The molecule has 0 bridgehead atoms. The standard InChI is InChI=1S/C15H21NO3/c1-4-10-16-14(15(17)19-5-2)13-8-6-12(7-9-13)11-18-3/h4,6-9,14,16H,1,5,10-11H2,2-3H3. The van der Waals surface area contributed by atoms with E-state index in [1.807, 2.05) is 24.3 Å². The summed E-state index contributed by atoms with van der Waals surface area (Å²) in [5.41, 5.74) is 1.94. The molecular formula is C15H21NO3. The van der Waals surface area contributed by atoms with Crippen LogP contribution in [0.15, 0.2) is 36.9 Å². The van der Waals surface area contributed by atoms with Crippen LogP contribution in [0, 0.1) is 0 Å². The first-order valence-electron chi connectivity index (χ1n) is 6.31. The van der Waals surface area contributed by atoms with Gasteiger partial charge < -0.3 is 9.47 Å². The second kappa shape index (κ2) is 8.45. The zero-order valence-corrected chi connectivity index (χ0v) is 11.5. The fraction of sp³-hybridized carbons (Fsp3) is 0.400. The maximum absolute atomic E-state index is 11.9. The molecule has 1 aromatic rings. The summed E-state index contributed by atoms with van der Waals surface area (Å²) in [5.74, 6) is -0.274. The highest BCUT2D eigenvalue weighted by atomic mass is 16.5. The van der Waals surface area contributed by atoms with Gasteiger partial charge in [0.15, 0.2) is 0 Å². The van der Waals surface area contributed by atoms with Crippen LogP contribution < -0.4 is 5.32 Å². The summed E-state index contributed by atoms with van der Waals surface area (Å²) in [4.78, 5) is 11.9. The topological polar surface area (TPSA) is 47.6 Å². The molecule has 104 valence electrons. The number of hydrogen-bond donors (Lipinski definition) is 1. The Kier molecular flexibility index (Phi) is 6.85. The zero-order chi connectivity index (χ0) is 14.1. The van der Waals surface area contributed by atoms with E-state index in [1.54, 1.807) is 20.1 Å². The predicted molar refractivity (Wildman–Crippen MR) is 74.7 cm³/mol. The molecule has 0 aromatic heterocycles. The lowest BCUT2D eigenvalue weighted by Crippen LogP contribution is -2.30. The van der Waals surface area contributed by atoms with E-state index >= 15 is 0 Å². The number of methoxy groups -OCH3 is 1. The molecule has 0 saturated carbocycles. The van der Waals surface area contributed by atoms with E-state index in [0.717, 1.165) is 11.1 Å². The van der Waals surface area contributed by atoms with Gasteiger partial charge in [0.05, 0.1) is 13.2 Å². The largest absolute Gasteiger partial charge is 0.465 e. The number of rotatable bonds is 8. The third-order valence-electron chi connectivity index (χ3n) is 2.61. The molecule has 0 fully saturated rings. The fourth-order valence-corrected chi connectivity index (χ4v) is 1.74. The van der Waals surface area contributed by atoms with Crippen molar-refractivity contribution in [1.29, 1.82) is 0 Å². The summed E-state index contributed by atoms with van der Waals surface area (Å²) in [6.07, 6.45) is 1.71. The molecule has 0 spiro atoms. The SMILES string of the molecule is C=CCNC(C(=O)OCC)c1ccc(COC)cc1. The summed E-state index contributed by atoms with van der Waals surface area (Å²) in [6, 6.07) is 7.24. The molecule has 0 radical (unpaired) electrons. The molecule has 0 aliphatic carbocycles. The van der Waals surface area contributed by atoms with Crippen LogP contribution in [-0.2, 0) is 20.9 Å². The molecule has 4 nitrogen and oxygen atoms in total. The van der Waals surface area contributed by atoms with Crippen molar-refractivity contribution in [1.82, 2.24) is 5.32 Å². The Morgan fingerprint density at radius 2 is 2.11 bits per heavy atom. The first kappa shape index (κ1) is 15.4. The van der Waals surface area contributed by atoms with E-state index in [0.29, 0.717) is 19.8 Å². The number of carbonyl (C=O) groups is 1. The van der Waals surface area contributed by atoms with Crippen LogP contribution >= 0.6 is 0 Å². The van der Waals surface area contributed by atoms with Crippen molar-refractivity contribution in [3.8, 4) is 0 Å². The minimum absolute atomic E-state index is 0.274. The maximum atomic E-state index is 11.9. The highest BCUT2D eigenvalue weighted by molar-refractivity contribution is 5.77. The molecule has 1 aromatic carbocycles. The monoisotopic (exact) mass is 263 g/mol. The van der Waals surface area contributed by atoms with Gasteiger partial charge >= 0.3 is 5.97 Å². The molecular weight excluding hydrogens is 242 g/mol. The molecule has 0 aliphatic rings. The molecule has 0 aliphatic heterocycles. The van der Waals surface area contributed by atoms with Crippen LogP contribution in [0.4, 0.5) is 0 Å². The Morgan fingerprint density at radius 1 is 1.42 bits per heavy atom. The van der Waals surface area contributed by atoms with E-state index in [2.05, 4.69) is 11.9 Å². The molecule has 4 heteroatoms. The third-order valence-corrected chi connectivity index (χ3v) is 2.61. The number of ether oxygens (including phenoxy) is 2. The van der Waals surface area contributed by atoms with Crippen molar-refractivity contribution in [2.45, 2.75) is 19.6 Å². The molecule has 1 rings (SSSR count). The third kappa shape index (κ3) is 4.85. The summed E-state index contributed by atoms with van der Waals surface area (Å²) in [5, 5.41) is 3.10. The average Bonchev–Trinajstić information content (AvgIpc) is 2.41. The van der Waals surface area contributed by atoms with Crippen LogP contribution in [0.3, 0.4) is 0 Å². The van der Waals surface area contributed by atoms with E-state index in [9.17, 15) is 4.79 Å². The Hall–Kier alpha value is -1.65. The van der Waals surface area contributed by atoms with Crippen LogP contribution in [-0.4, -0.2) is 26.2 Å². The maximum Gasteiger partial charge on any atom is 0.327 e. The van der Waals surface area contributed by atoms with Gasteiger partial charge in [0.2, 0.25) is 0 Å². The highest BCUT2D eigenvalue weighted by Crippen LogP contribution is 2.16. The number of hydrogen-bond acceptors (Lipinski definition) is 4. The van der Waals surface area contributed by atoms with Gasteiger partial charge in [0, 0.05) is 13.7 Å². The summed E-state index contributed by atoms with van der Waals surface area (Å²) in [6.45, 7) is 6.91. The molecule has 1 unspecified atom stereocenters. The Morgan fingerprint density at radius 3 is 2.63 bits per heavy atom. The smallest absolute Gasteiger partial charge is 0.327 e. The zero-order valence-electron chi connectivity index (χ0n) is 11.5. The molecule has 19 heavy (non-hydrogen) atoms. The van der Waals surface area contributed by atoms with Gasteiger partial charge in [0.25, 0.3) is 0 Å². The minimum atomic E-state index is -0.463. The summed E-state index contributed by atoms with van der Waals surface area (Å²) < 4.78 is 10.1. The molecule has 1 atom stereocenters. The van der Waals surface area contributed by atoms with E-state index in [4.69, 9.17) is 9.47 Å². The lowest BCUT2D eigenvalue weighted by molar-refractivity contribution is -0.145. The Balaban J connectivity index is 2.83. The minimum Gasteiger partial charge on any atom is -0.465 e. The van der Waals surface area contributed by atoms with Gasteiger partial charge in [-0.2, -0.15) is 0 Å². The lowest BCUT2D eigenvalue weighted by atomic mass is 10.0. The van der Waals surface area contributed by atoms with Crippen LogP contribution in [0.2, 0.25) is 0 Å². The Labute approximate surface area is 114 Å². The second-order valence-electron chi connectivity index (χ2n) is 4.06. The van der Waals surface area contributed by atoms with Crippen LogP contribution in [0.25, 0.3) is 0 Å². The van der Waals surface area contributed by atoms with Crippen LogP contribution in [0.5, 0.6) is 0 Å². The van der Waals surface area contributed by atoms with Crippen molar-refractivity contribution in [3.05, 3.63) is 48.0 Å². The van der Waals surface area contributed by atoms with Crippen LogP contribution in [0.1, 0.15) is 24.1 Å². The lowest BCUT2D eigenvalue weighted by Gasteiger charge is -2.17. The van der Waals surface area contributed by atoms with E-state index in [1.165, 1.54) is 0 Å². The second-order valence-corrected chi connectivity index (χ2v) is 4.06. The van der Waals surface area contributed by atoms with E-state index < -0.39 is 6.04 Å². The first-order chi connectivity index (χ1) is 9.22. The van der Waals surface area contributed by atoms with Gasteiger partial charge in [-0.3, -0.25) is 5.32 Å². The Bertz CT molecular complexity index is 400. The van der Waals surface area contributed by atoms with Gasteiger partial charge in [-0.25, -0.2) is 4.79 Å². The summed E-state index contributed by atoms with van der Waals surface area (Å²) in [7, 11) is 1.65. The fourth-order valence-electron chi connectivity index (χ4n) is 1.74. The van der Waals surface area contributed by atoms with E-state index in [-0.39, 0.29) is 5.97 Å². The van der Waals surface area contributed by atoms with Crippen molar-refractivity contribution in [3.63, 3.8) is 0 Å². The number of benzene rings is 1. The van der Waals surface area contributed by atoms with Gasteiger partial charge in [-0.1, -0.05) is 30.3 Å². The molecule has 0 amide bonds. The normalized spacial score (nSPS) is 11.9. The number of nitrogens with one attached hydrogen (secondary N) is 1. The highest BCUT2D eigenvalue weighted by Gasteiger charge is 2.20. The molecule has 1 N–H and O–H groups in total. The number of esters is 1. The predicted octanol–water partition coefficient (Wildman–Crippen LogP) is 2.21.